The fourth-order valence-corrected chi connectivity index (χ4v) is 4.66. The van der Waals surface area contributed by atoms with Crippen molar-refractivity contribution in [3.05, 3.63) is 82.0 Å². The van der Waals surface area contributed by atoms with Crippen molar-refractivity contribution in [3.8, 4) is 5.75 Å². The molecule has 0 saturated carbocycles. The number of piperidine rings is 1. The first kappa shape index (κ1) is 22.9. The minimum Gasteiger partial charge on any atom is -0.435 e. The molecule has 0 atom stereocenters. The number of alkyl halides is 2. The van der Waals surface area contributed by atoms with Gasteiger partial charge in [0.25, 0.3) is 5.91 Å². The van der Waals surface area contributed by atoms with Crippen LogP contribution >= 0.6 is 11.3 Å². The Hall–Kier alpha value is -3.26. The van der Waals surface area contributed by atoms with E-state index in [2.05, 4.69) is 10.1 Å². The van der Waals surface area contributed by atoms with Gasteiger partial charge in [-0.25, -0.2) is 0 Å². The van der Waals surface area contributed by atoms with Gasteiger partial charge in [-0.1, -0.05) is 36.4 Å². The van der Waals surface area contributed by atoms with E-state index in [1.165, 1.54) is 17.4 Å². The van der Waals surface area contributed by atoms with Crippen molar-refractivity contribution in [1.29, 1.82) is 0 Å². The van der Waals surface area contributed by atoms with Crippen LogP contribution in [0.2, 0.25) is 0 Å². The number of halogens is 2. The number of nitrogens with zero attached hydrogens (tertiary/aromatic N) is 1. The lowest BCUT2D eigenvalue weighted by molar-refractivity contribution is -0.121. The maximum absolute atomic E-state index is 12.9. The van der Waals surface area contributed by atoms with E-state index in [0.29, 0.717) is 48.5 Å². The van der Waals surface area contributed by atoms with Crippen LogP contribution in [-0.4, -0.2) is 36.4 Å². The van der Waals surface area contributed by atoms with Crippen LogP contribution in [0.15, 0.2) is 66.0 Å². The van der Waals surface area contributed by atoms with Crippen LogP contribution in [0, 0.1) is 5.92 Å². The summed E-state index contributed by atoms with van der Waals surface area (Å²) in [4.78, 5) is 27.8. The van der Waals surface area contributed by atoms with Crippen molar-refractivity contribution >= 4 is 28.8 Å². The van der Waals surface area contributed by atoms with E-state index in [9.17, 15) is 18.4 Å². The first-order valence-corrected chi connectivity index (χ1v) is 11.6. The Morgan fingerprint density at radius 2 is 1.82 bits per heavy atom. The van der Waals surface area contributed by atoms with Crippen molar-refractivity contribution in [2.75, 3.05) is 18.4 Å². The van der Waals surface area contributed by atoms with Crippen molar-refractivity contribution in [1.82, 2.24) is 4.90 Å². The van der Waals surface area contributed by atoms with Gasteiger partial charge in [-0.3, -0.25) is 9.59 Å². The lowest BCUT2D eigenvalue weighted by Crippen LogP contribution is -2.41. The van der Waals surface area contributed by atoms with E-state index in [0.717, 1.165) is 5.56 Å². The van der Waals surface area contributed by atoms with E-state index < -0.39 is 6.61 Å². The molecule has 4 rings (SSSR count). The highest BCUT2D eigenvalue weighted by Gasteiger charge is 2.28. The molecule has 2 heterocycles. The molecule has 0 spiro atoms. The quantitative estimate of drug-likeness (QED) is 0.501. The van der Waals surface area contributed by atoms with Crippen molar-refractivity contribution in [2.24, 2.45) is 5.92 Å². The van der Waals surface area contributed by atoms with Gasteiger partial charge in [-0.05, 0) is 48.1 Å². The number of hydrogen-bond acceptors (Lipinski definition) is 4. The normalized spacial score (nSPS) is 14.3. The lowest BCUT2D eigenvalue weighted by Gasteiger charge is -2.31. The molecular formula is C25H24F2N2O3S. The molecule has 1 aliphatic heterocycles. The summed E-state index contributed by atoms with van der Waals surface area (Å²) in [5.74, 6) is -0.255. The zero-order valence-electron chi connectivity index (χ0n) is 17.9. The summed E-state index contributed by atoms with van der Waals surface area (Å²) in [5.41, 5.74) is 2.04. The van der Waals surface area contributed by atoms with Gasteiger partial charge in [0, 0.05) is 36.7 Å². The third kappa shape index (κ3) is 5.96. The van der Waals surface area contributed by atoms with Crippen molar-refractivity contribution < 1.29 is 23.1 Å². The largest absolute Gasteiger partial charge is 0.435 e. The molecule has 0 bridgehead atoms. The van der Waals surface area contributed by atoms with Gasteiger partial charge in [0.2, 0.25) is 5.91 Å². The Balaban J connectivity index is 1.40. The predicted molar refractivity (Wildman–Crippen MR) is 124 cm³/mol. The van der Waals surface area contributed by atoms with Crippen LogP contribution in [0.1, 0.15) is 33.6 Å². The van der Waals surface area contributed by atoms with E-state index in [1.54, 1.807) is 23.1 Å². The fraction of sp³-hybridized carbons (Fsp3) is 0.280. The summed E-state index contributed by atoms with van der Waals surface area (Å²) in [6.07, 6.45) is 1.55. The third-order valence-electron chi connectivity index (χ3n) is 5.67. The van der Waals surface area contributed by atoms with Crippen molar-refractivity contribution in [3.63, 3.8) is 0 Å². The second kappa shape index (κ2) is 10.6. The number of carbonyl (C=O) groups excluding carboxylic acids is 2. The Bertz CT molecular complexity index is 1080. The Kier molecular flexibility index (Phi) is 7.34. The number of anilines is 1. The number of hydrogen-bond donors (Lipinski definition) is 1. The van der Waals surface area contributed by atoms with Gasteiger partial charge in [0.05, 0.1) is 4.88 Å². The molecule has 33 heavy (non-hydrogen) atoms. The Morgan fingerprint density at radius 3 is 2.48 bits per heavy atom. The monoisotopic (exact) mass is 470 g/mol. The highest BCUT2D eigenvalue weighted by Crippen LogP contribution is 2.28. The molecule has 0 aliphatic carbocycles. The molecule has 2 amide bonds. The average molecular weight is 471 g/mol. The highest BCUT2D eigenvalue weighted by atomic mass is 32.1. The molecule has 172 valence electrons. The van der Waals surface area contributed by atoms with Gasteiger partial charge in [0.1, 0.15) is 5.75 Å². The van der Waals surface area contributed by atoms with Crippen LogP contribution in [0.25, 0.3) is 0 Å². The predicted octanol–water partition coefficient (Wildman–Crippen LogP) is 5.43. The number of benzene rings is 2. The number of nitrogens with one attached hydrogen (secondary N) is 1. The summed E-state index contributed by atoms with van der Waals surface area (Å²) < 4.78 is 30.4. The maximum atomic E-state index is 12.9. The molecule has 0 unspecified atom stereocenters. The van der Waals surface area contributed by atoms with Gasteiger partial charge in [0.15, 0.2) is 0 Å². The Morgan fingerprint density at radius 1 is 1.06 bits per heavy atom. The molecule has 0 radical (unpaired) electrons. The van der Waals surface area contributed by atoms with E-state index in [4.69, 9.17) is 0 Å². The highest BCUT2D eigenvalue weighted by molar-refractivity contribution is 7.12. The fourth-order valence-electron chi connectivity index (χ4n) is 3.97. The number of rotatable bonds is 7. The number of carbonyl (C=O) groups is 2. The minimum atomic E-state index is -2.93. The first-order chi connectivity index (χ1) is 16.0. The Labute approximate surface area is 195 Å². The SMILES string of the molecule is O=C(Nc1ccc(OC(F)F)c(Cc2ccccc2)c1)C1CCN(C(=O)c2cccs2)CC1. The van der Waals surface area contributed by atoms with Gasteiger partial charge < -0.3 is 15.0 Å². The van der Waals surface area contributed by atoms with Crippen LogP contribution in [0.3, 0.4) is 0 Å². The molecule has 2 aromatic carbocycles. The molecule has 1 aliphatic rings. The standard InChI is InChI=1S/C25H24F2N2O3S/c26-25(27)32-21-9-8-20(16-19(21)15-17-5-2-1-3-6-17)28-23(30)18-10-12-29(13-11-18)24(31)22-7-4-14-33-22/h1-9,14,16,18,25H,10-13,15H2,(H,28,30). The van der Waals surface area contributed by atoms with Gasteiger partial charge in [-0.2, -0.15) is 8.78 Å². The number of ether oxygens (including phenoxy) is 1. The van der Waals surface area contributed by atoms with Gasteiger partial charge >= 0.3 is 6.61 Å². The van der Waals surface area contributed by atoms with E-state index >= 15 is 0 Å². The topological polar surface area (TPSA) is 58.6 Å². The molecule has 5 nitrogen and oxygen atoms in total. The second-order valence-electron chi connectivity index (χ2n) is 7.90. The smallest absolute Gasteiger partial charge is 0.387 e. The third-order valence-corrected chi connectivity index (χ3v) is 6.52. The van der Waals surface area contributed by atoms with Crippen molar-refractivity contribution in [2.45, 2.75) is 25.9 Å². The van der Waals surface area contributed by atoms with Crippen LogP contribution in [0.5, 0.6) is 5.75 Å². The second-order valence-corrected chi connectivity index (χ2v) is 8.84. The number of likely N-dealkylation sites (tertiary alicyclic amines) is 1. The number of amides is 2. The molecule has 3 aromatic rings. The maximum Gasteiger partial charge on any atom is 0.387 e. The average Bonchev–Trinajstić information content (AvgIpc) is 3.36. The zero-order valence-corrected chi connectivity index (χ0v) is 18.7. The molecule has 1 aromatic heterocycles. The summed E-state index contributed by atoms with van der Waals surface area (Å²) in [6.45, 7) is -1.88. The van der Waals surface area contributed by atoms with Crippen LogP contribution < -0.4 is 10.1 Å². The molecular weight excluding hydrogens is 446 g/mol. The summed E-state index contributed by atoms with van der Waals surface area (Å²) >= 11 is 1.41. The summed E-state index contributed by atoms with van der Waals surface area (Å²) in [7, 11) is 0. The van der Waals surface area contributed by atoms with Gasteiger partial charge in [-0.15, -0.1) is 11.3 Å². The molecule has 1 saturated heterocycles. The zero-order chi connectivity index (χ0) is 23.2. The van der Waals surface area contributed by atoms with E-state index in [-0.39, 0.29) is 23.5 Å². The molecule has 1 fully saturated rings. The van der Waals surface area contributed by atoms with Crippen LogP contribution in [0.4, 0.5) is 14.5 Å². The summed E-state index contributed by atoms with van der Waals surface area (Å²) in [6, 6.07) is 17.8. The minimum absolute atomic E-state index is 0.00373. The molecule has 8 heteroatoms. The molecule has 1 N–H and O–H groups in total. The number of thiophene rings is 1. The van der Waals surface area contributed by atoms with Crippen LogP contribution in [-0.2, 0) is 11.2 Å². The lowest BCUT2D eigenvalue weighted by atomic mass is 9.95. The first-order valence-electron chi connectivity index (χ1n) is 10.7. The van der Waals surface area contributed by atoms with E-state index in [1.807, 2.05) is 41.8 Å². The summed E-state index contributed by atoms with van der Waals surface area (Å²) in [5, 5.41) is 4.78.